The molecule has 0 spiro atoms. The highest BCUT2D eigenvalue weighted by Gasteiger charge is 2.14. The van der Waals surface area contributed by atoms with E-state index in [0.29, 0.717) is 55.0 Å². The monoisotopic (exact) mass is 650 g/mol. The van der Waals surface area contributed by atoms with E-state index in [0.717, 1.165) is 20.1 Å². The largest absolute Gasteiger partial charge is 0.490 e. The molecule has 0 aliphatic rings. The molecule has 1 amide bonds. The van der Waals surface area contributed by atoms with E-state index in [1.807, 2.05) is 44.2 Å². The number of rotatable bonds is 13. The molecule has 0 fully saturated rings. The van der Waals surface area contributed by atoms with Gasteiger partial charge >= 0.3 is 0 Å². The Hall–Kier alpha value is -4.05. The molecule has 4 rings (SSSR count). The third-order valence-electron chi connectivity index (χ3n) is 5.83. The van der Waals surface area contributed by atoms with Crippen molar-refractivity contribution in [1.29, 1.82) is 0 Å². The number of amides is 1. The molecule has 206 valence electrons. The summed E-state index contributed by atoms with van der Waals surface area (Å²) in [6.07, 6.45) is 3.22. The van der Waals surface area contributed by atoms with E-state index in [2.05, 4.69) is 64.0 Å². The lowest BCUT2D eigenvalue weighted by Gasteiger charge is -2.15. The molecule has 4 aromatic rings. The molecular weight excluding hydrogens is 619 g/mol. The van der Waals surface area contributed by atoms with Crippen LogP contribution >= 0.6 is 22.6 Å². The summed E-state index contributed by atoms with van der Waals surface area (Å²) in [6.45, 7) is 9.11. The first-order valence-electron chi connectivity index (χ1n) is 12.9. The molecule has 0 aromatic heterocycles. The minimum absolute atomic E-state index is 0.339. The lowest BCUT2D eigenvalue weighted by atomic mass is 10.1. The van der Waals surface area contributed by atoms with E-state index in [4.69, 9.17) is 18.9 Å². The first kappa shape index (κ1) is 28.9. The van der Waals surface area contributed by atoms with Crippen LogP contribution in [-0.4, -0.2) is 31.9 Å². The Kier molecular flexibility index (Phi) is 10.4. The standard InChI is InChI=1S/C32H31IN2O5/c1-4-16-39-28-15-14-24(19-29(28)37-5-2)32(36)35-34-20-22-17-27(33)31(30(18-22)38-6-3)40-21-25-12-9-11-23-10-7-8-13-26(23)25/h4,7-15,17-20H,1,5-6,16,21H2,2-3H3,(H,35,36)/b34-20+. The molecule has 40 heavy (non-hydrogen) atoms. The van der Waals surface area contributed by atoms with Crippen LogP contribution in [0.15, 0.2) is 90.6 Å². The van der Waals surface area contributed by atoms with Crippen molar-refractivity contribution < 1.29 is 23.7 Å². The van der Waals surface area contributed by atoms with Gasteiger partial charge in [0, 0.05) is 5.56 Å². The van der Waals surface area contributed by atoms with Gasteiger partial charge in [-0.1, -0.05) is 55.1 Å². The number of benzene rings is 4. The van der Waals surface area contributed by atoms with Crippen molar-refractivity contribution in [3.05, 3.63) is 106 Å². The van der Waals surface area contributed by atoms with Gasteiger partial charge in [0.15, 0.2) is 23.0 Å². The quantitative estimate of drug-likeness (QED) is 0.0720. The van der Waals surface area contributed by atoms with Crippen LogP contribution in [0.5, 0.6) is 23.0 Å². The van der Waals surface area contributed by atoms with Crippen molar-refractivity contribution in [2.45, 2.75) is 20.5 Å². The smallest absolute Gasteiger partial charge is 0.271 e. The number of carbonyl (C=O) groups is 1. The highest BCUT2D eigenvalue weighted by atomic mass is 127. The van der Waals surface area contributed by atoms with Crippen molar-refractivity contribution in [2.75, 3.05) is 19.8 Å². The summed E-state index contributed by atoms with van der Waals surface area (Å²) in [5.41, 5.74) is 4.82. The molecule has 0 aliphatic carbocycles. The fraction of sp³-hybridized carbons (Fsp3) is 0.188. The highest BCUT2D eigenvalue weighted by Crippen LogP contribution is 2.35. The Balaban J connectivity index is 1.47. The van der Waals surface area contributed by atoms with Gasteiger partial charge in [0.1, 0.15) is 13.2 Å². The van der Waals surface area contributed by atoms with Gasteiger partial charge in [-0.25, -0.2) is 5.43 Å². The van der Waals surface area contributed by atoms with Crippen molar-refractivity contribution >= 4 is 45.5 Å². The summed E-state index contributed by atoms with van der Waals surface area (Å²) in [5.74, 6) is 1.93. The van der Waals surface area contributed by atoms with Crippen molar-refractivity contribution in [1.82, 2.24) is 5.43 Å². The summed E-state index contributed by atoms with van der Waals surface area (Å²) in [7, 11) is 0. The molecule has 0 saturated heterocycles. The van der Waals surface area contributed by atoms with Gasteiger partial charge in [0.25, 0.3) is 5.91 Å². The molecule has 0 radical (unpaired) electrons. The first-order valence-corrected chi connectivity index (χ1v) is 14.0. The number of nitrogens with zero attached hydrogens (tertiary/aromatic N) is 1. The van der Waals surface area contributed by atoms with Crippen LogP contribution in [0.2, 0.25) is 0 Å². The average molecular weight is 651 g/mol. The molecule has 7 nitrogen and oxygen atoms in total. The zero-order chi connectivity index (χ0) is 28.3. The topological polar surface area (TPSA) is 78.4 Å². The molecule has 0 bridgehead atoms. The van der Waals surface area contributed by atoms with Crippen LogP contribution in [0.4, 0.5) is 0 Å². The molecule has 0 atom stereocenters. The average Bonchev–Trinajstić information content (AvgIpc) is 2.96. The van der Waals surface area contributed by atoms with Crippen LogP contribution in [0, 0.1) is 3.57 Å². The van der Waals surface area contributed by atoms with E-state index in [9.17, 15) is 4.79 Å². The van der Waals surface area contributed by atoms with E-state index < -0.39 is 0 Å². The molecule has 1 N–H and O–H groups in total. The molecule has 0 heterocycles. The van der Waals surface area contributed by atoms with Gasteiger partial charge in [-0.3, -0.25) is 4.79 Å². The number of nitrogens with one attached hydrogen (secondary N) is 1. The van der Waals surface area contributed by atoms with Gasteiger partial charge < -0.3 is 18.9 Å². The number of halogens is 1. The maximum absolute atomic E-state index is 12.7. The number of carbonyl (C=O) groups excluding carboxylic acids is 1. The Morgan fingerprint density at radius 1 is 0.900 bits per heavy atom. The van der Waals surface area contributed by atoms with E-state index in [1.54, 1.807) is 30.5 Å². The number of hydrogen-bond donors (Lipinski definition) is 1. The Bertz CT molecular complexity index is 1510. The van der Waals surface area contributed by atoms with Crippen LogP contribution in [0.3, 0.4) is 0 Å². The van der Waals surface area contributed by atoms with Gasteiger partial charge in [0.05, 0.1) is 23.0 Å². The summed E-state index contributed by atoms with van der Waals surface area (Å²) in [6, 6.07) is 23.2. The molecule has 0 saturated carbocycles. The molecule has 0 aliphatic heterocycles. The van der Waals surface area contributed by atoms with Crippen molar-refractivity contribution in [2.24, 2.45) is 5.10 Å². The van der Waals surface area contributed by atoms with Crippen LogP contribution < -0.4 is 24.4 Å². The molecular formula is C32H31IN2O5. The predicted octanol–water partition coefficient (Wildman–Crippen LogP) is 7.15. The third kappa shape index (κ3) is 7.32. The zero-order valence-corrected chi connectivity index (χ0v) is 24.6. The minimum Gasteiger partial charge on any atom is -0.490 e. The highest BCUT2D eigenvalue weighted by molar-refractivity contribution is 14.1. The third-order valence-corrected chi connectivity index (χ3v) is 6.63. The fourth-order valence-corrected chi connectivity index (χ4v) is 4.83. The summed E-state index contributed by atoms with van der Waals surface area (Å²) >= 11 is 2.22. The van der Waals surface area contributed by atoms with Gasteiger partial charge in [-0.2, -0.15) is 5.10 Å². The van der Waals surface area contributed by atoms with E-state index in [1.165, 1.54) is 5.39 Å². The normalized spacial score (nSPS) is 10.9. The van der Waals surface area contributed by atoms with Gasteiger partial charge in [-0.15, -0.1) is 0 Å². The number of hydrazone groups is 1. The Morgan fingerprint density at radius 3 is 2.48 bits per heavy atom. The number of fused-ring (bicyclic) bond motifs is 1. The van der Waals surface area contributed by atoms with Gasteiger partial charge in [0.2, 0.25) is 0 Å². The lowest BCUT2D eigenvalue weighted by molar-refractivity contribution is 0.0954. The minimum atomic E-state index is -0.373. The van der Waals surface area contributed by atoms with Gasteiger partial charge in [-0.05, 0) is 88.7 Å². The summed E-state index contributed by atoms with van der Waals surface area (Å²) < 4.78 is 24.2. The Morgan fingerprint density at radius 2 is 1.68 bits per heavy atom. The van der Waals surface area contributed by atoms with Crippen molar-refractivity contribution in [3.63, 3.8) is 0 Å². The summed E-state index contributed by atoms with van der Waals surface area (Å²) in [5, 5.41) is 6.48. The molecule has 4 aromatic carbocycles. The number of hydrogen-bond acceptors (Lipinski definition) is 6. The molecule has 0 unspecified atom stereocenters. The van der Waals surface area contributed by atoms with E-state index in [-0.39, 0.29) is 5.91 Å². The van der Waals surface area contributed by atoms with Crippen LogP contribution in [-0.2, 0) is 6.61 Å². The SMILES string of the molecule is C=CCOc1ccc(C(=O)N/N=C/c2cc(I)c(OCc3cccc4ccccc34)c(OCC)c2)cc1OCC. The maximum Gasteiger partial charge on any atom is 0.271 e. The summed E-state index contributed by atoms with van der Waals surface area (Å²) in [4.78, 5) is 12.7. The number of ether oxygens (including phenoxy) is 4. The van der Waals surface area contributed by atoms with Crippen LogP contribution in [0.25, 0.3) is 10.8 Å². The fourth-order valence-electron chi connectivity index (χ4n) is 4.05. The maximum atomic E-state index is 12.7. The molecule has 8 heteroatoms. The zero-order valence-electron chi connectivity index (χ0n) is 22.5. The van der Waals surface area contributed by atoms with Crippen LogP contribution in [0.1, 0.15) is 35.3 Å². The first-order chi connectivity index (χ1) is 19.5. The predicted molar refractivity (Wildman–Crippen MR) is 167 cm³/mol. The second kappa shape index (κ2) is 14.4. The second-order valence-electron chi connectivity index (χ2n) is 8.58. The Labute approximate surface area is 247 Å². The van der Waals surface area contributed by atoms with Crippen molar-refractivity contribution in [3.8, 4) is 23.0 Å². The second-order valence-corrected chi connectivity index (χ2v) is 9.75. The lowest BCUT2D eigenvalue weighted by Crippen LogP contribution is -2.17. The van der Waals surface area contributed by atoms with E-state index >= 15 is 0 Å².